The molecular weight excluding hydrogens is 573 g/mol. The third-order valence-corrected chi connectivity index (χ3v) is 8.91. The molecular formula is C33H33Cl2N3O4. The summed E-state index contributed by atoms with van der Waals surface area (Å²) < 4.78 is 11.9. The number of amides is 2. The van der Waals surface area contributed by atoms with E-state index in [2.05, 4.69) is 18.0 Å². The van der Waals surface area contributed by atoms with Crippen molar-refractivity contribution in [3.05, 3.63) is 93.1 Å². The van der Waals surface area contributed by atoms with Gasteiger partial charge in [-0.1, -0.05) is 60.5 Å². The molecule has 1 saturated heterocycles. The van der Waals surface area contributed by atoms with Gasteiger partial charge in [0.2, 0.25) is 5.91 Å². The Bertz CT molecular complexity index is 1690. The van der Waals surface area contributed by atoms with Gasteiger partial charge in [-0.05, 0) is 67.3 Å². The van der Waals surface area contributed by atoms with Gasteiger partial charge in [-0.3, -0.25) is 9.59 Å². The van der Waals surface area contributed by atoms with Crippen LogP contribution in [0.4, 0.5) is 0 Å². The van der Waals surface area contributed by atoms with Gasteiger partial charge in [-0.15, -0.1) is 0 Å². The van der Waals surface area contributed by atoms with Crippen LogP contribution in [0.25, 0.3) is 10.9 Å². The molecule has 0 aliphatic carbocycles. The van der Waals surface area contributed by atoms with Crippen molar-refractivity contribution < 1.29 is 19.1 Å². The van der Waals surface area contributed by atoms with Crippen LogP contribution in [0.1, 0.15) is 55.5 Å². The molecule has 3 aromatic carbocycles. The second-order valence-corrected chi connectivity index (χ2v) is 11.8. The molecule has 4 aromatic rings. The van der Waals surface area contributed by atoms with Gasteiger partial charge >= 0.3 is 0 Å². The van der Waals surface area contributed by atoms with E-state index in [-0.39, 0.29) is 30.8 Å². The zero-order valence-corrected chi connectivity index (χ0v) is 25.4. The summed E-state index contributed by atoms with van der Waals surface area (Å²) in [5.41, 5.74) is 3.17. The molecule has 42 heavy (non-hydrogen) atoms. The van der Waals surface area contributed by atoms with Crippen molar-refractivity contribution in [2.75, 3.05) is 26.3 Å². The summed E-state index contributed by atoms with van der Waals surface area (Å²) >= 11 is 12.6. The van der Waals surface area contributed by atoms with Crippen LogP contribution in [0.2, 0.25) is 10.0 Å². The minimum atomic E-state index is -1.22. The molecule has 1 N–H and O–H groups in total. The highest BCUT2D eigenvalue weighted by molar-refractivity contribution is 6.35. The first-order valence-corrected chi connectivity index (χ1v) is 15.1. The summed E-state index contributed by atoms with van der Waals surface area (Å²) in [6.45, 7) is 7.47. The Labute approximate surface area is 255 Å². The van der Waals surface area contributed by atoms with Crippen LogP contribution in [0.5, 0.6) is 11.5 Å². The molecule has 6 rings (SSSR count). The van der Waals surface area contributed by atoms with Gasteiger partial charge in [0, 0.05) is 40.0 Å². The number of nitrogens with zero attached hydrogens (tertiary/aromatic N) is 2. The lowest BCUT2D eigenvalue weighted by molar-refractivity contribution is -0.166. The molecule has 2 aliphatic heterocycles. The third kappa shape index (κ3) is 4.69. The number of hydrogen-bond acceptors (Lipinski definition) is 4. The Kier molecular flexibility index (Phi) is 7.58. The molecule has 1 aromatic heterocycles. The zero-order chi connectivity index (χ0) is 29.6. The predicted octanol–water partition coefficient (Wildman–Crippen LogP) is 6.89. The standard InChI is InChI=1S/C33H33Cl2N3O4/c1-4-14-42-27-13-11-20(15-28(27)41-5-2)24-18-38-29(39)19-37(17-21-10-12-22(34)16-25(21)35)32(40)33(38,3)31-30(24)23-8-6-7-9-26(23)36-31/h6-13,15-16,24,36H,4-5,14,17-19H2,1-3H3/t24?,33-/m0/s1. The SMILES string of the molecule is CCCOc1ccc(C2CN3C(=O)CN(Cc4ccc(Cl)cc4Cl)C(=O)[C@]3(C)c3[nH]c4ccccc4c32)cc1OCC. The van der Waals surface area contributed by atoms with Gasteiger partial charge in [0.25, 0.3) is 5.91 Å². The van der Waals surface area contributed by atoms with Gasteiger partial charge in [0.05, 0.1) is 18.9 Å². The van der Waals surface area contributed by atoms with Gasteiger partial charge in [0.1, 0.15) is 6.54 Å². The van der Waals surface area contributed by atoms with Crippen molar-refractivity contribution >= 4 is 45.9 Å². The summed E-state index contributed by atoms with van der Waals surface area (Å²) in [6.07, 6.45) is 0.888. The molecule has 2 aliphatic rings. The monoisotopic (exact) mass is 605 g/mol. The van der Waals surface area contributed by atoms with Gasteiger partial charge in [-0.2, -0.15) is 0 Å². The Hall–Kier alpha value is -3.68. The number of piperazine rings is 1. The van der Waals surface area contributed by atoms with Crippen LogP contribution >= 0.6 is 23.2 Å². The lowest BCUT2D eigenvalue weighted by Gasteiger charge is -2.51. The highest BCUT2D eigenvalue weighted by atomic mass is 35.5. The van der Waals surface area contributed by atoms with E-state index in [1.807, 2.05) is 50.2 Å². The van der Waals surface area contributed by atoms with Crippen LogP contribution in [0, 0.1) is 0 Å². The Morgan fingerprint density at radius 3 is 2.57 bits per heavy atom. The second-order valence-electron chi connectivity index (χ2n) is 11.0. The van der Waals surface area contributed by atoms with Crippen LogP contribution in [0.15, 0.2) is 60.7 Å². The molecule has 7 nitrogen and oxygen atoms in total. The number of aromatic amines is 1. The molecule has 2 atom stereocenters. The van der Waals surface area contributed by atoms with Gasteiger partial charge in [-0.25, -0.2) is 0 Å². The van der Waals surface area contributed by atoms with Crippen molar-refractivity contribution in [3.8, 4) is 11.5 Å². The quantitative estimate of drug-likeness (QED) is 0.237. The normalized spacial score (nSPS) is 20.1. The Morgan fingerprint density at radius 2 is 1.81 bits per heavy atom. The van der Waals surface area contributed by atoms with E-state index in [9.17, 15) is 9.59 Å². The van der Waals surface area contributed by atoms with E-state index in [1.54, 1.807) is 28.0 Å². The number of benzene rings is 3. The maximum atomic E-state index is 14.4. The first kappa shape index (κ1) is 28.4. The average Bonchev–Trinajstić information content (AvgIpc) is 3.37. The number of para-hydroxylation sites is 1. The second kappa shape index (κ2) is 11.2. The summed E-state index contributed by atoms with van der Waals surface area (Å²) in [5, 5.41) is 2.00. The molecule has 3 heterocycles. The molecule has 0 bridgehead atoms. The highest BCUT2D eigenvalue weighted by Gasteiger charge is 2.56. The van der Waals surface area contributed by atoms with Crippen molar-refractivity contribution in [2.24, 2.45) is 0 Å². The predicted molar refractivity (Wildman–Crippen MR) is 164 cm³/mol. The summed E-state index contributed by atoms with van der Waals surface area (Å²) in [5.74, 6) is 0.910. The smallest absolute Gasteiger partial charge is 0.255 e. The van der Waals surface area contributed by atoms with E-state index < -0.39 is 5.54 Å². The Balaban J connectivity index is 1.46. The van der Waals surface area contributed by atoms with Crippen LogP contribution < -0.4 is 9.47 Å². The number of H-pyrrole nitrogens is 1. The first-order valence-electron chi connectivity index (χ1n) is 14.3. The minimum absolute atomic E-state index is 0.0380. The van der Waals surface area contributed by atoms with Crippen molar-refractivity contribution in [1.29, 1.82) is 0 Å². The van der Waals surface area contributed by atoms with E-state index in [4.69, 9.17) is 32.7 Å². The fraction of sp³-hybridized carbons (Fsp3) is 0.333. The summed E-state index contributed by atoms with van der Waals surface area (Å²) in [4.78, 5) is 35.1. The topological polar surface area (TPSA) is 74.9 Å². The van der Waals surface area contributed by atoms with Crippen LogP contribution in [-0.4, -0.2) is 52.9 Å². The van der Waals surface area contributed by atoms with Crippen molar-refractivity contribution in [3.63, 3.8) is 0 Å². The number of carbonyl (C=O) groups is 2. The number of hydrogen-bond donors (Lipinski definition) is 1. The molecule has 1 fully saturated rings. The lowest BCUT2D eigenvalue weighted by Crippen LogP contribution is -2.67. The molecule has 9 heteroatoms. The van der Waals surface area contributed by atoms with Gasteiger partial charge in [0.15, 0.2) is 17.0 Å². The van der Waals surface area contributed by atoms with Gasteiger partial charge < -0.3 is 24.3 Å². The maximum Gasteiger partial charge on any atom is 0.255 e. The van der Waals surface area contributed by atoms with Crippen LogP contribution in [-0.2, 0) is 21.7 Å². The molecule has 218 valence electrons. The molecule has 1 unspecified atom stereocenters. The summed E-state index contributed by atoms with van der Waals surface area (Å²) in [7, 11) is 0. The first-order chi connectivity index (χ1) is 20.3. The summed E-state index contributed by atoms with van der Waals surface area (Å²) in [6, 6.07) is 19.2. The maximum absolute atomic E-state index is 14.4. The molecule has 2 amide bonds. The van der Waals surface area contributed by atoms with Crippen LogP contribution in [0.3, 0.4) is 0 Å². The number of ether oxygens (including phenoxy) is 2. The number of halogens is 2. The Morgan fingerprint density at radius 1 is 1.00 bits per heavy atom. The van der Waals surface area contributed by atoms with E-state index in [0.717, 1.165) is 39.7 Å². The van der Waals surface area contributed by atoms with Crippen molar-refractivity contribution in [1.82, 2.24) is 14.8 Å². The number of fused-ring (bicyclic) bond motifs is 5. The largest absolute Gasteiger partial charge is 0.490 e. The fourth-order valence-corrected chi connectivity index (χ4v) is 6.77. The van der Waals surface area contributed by atoms with E-state index in [0.29, 0.717) is 41.3 Å². The average molecular weight is 607 g/mol. The molecule has 0 radical (unpaired) electrons. The number of rotatable bonds is 8. The molecule has 0 spiro atoms. The van der Waals surface area contributed by atoms with E-state index >= 15 is 0 Å². The number of nitrogens with one attached hydrogen (secondary N) is 1. The highest BCUT2D eigenvalue weighted by Crippen LogP contribution is 2.49. The van der Waals surface area contributed by atoms with Crippen molar-refractivity contribution in [2.45, 2.75) is 45.2 Å². The number of carbonyl (C=O) groups excluding carboxylic acids is 2. The third-order valence-electron chi connectivity index (χ3n) is 8.33. The lowest BCUT2D eigenvalue weighted by atomic mass is 9.76. The minimum Gasteiger partial charge on any atom is -0.490 e. The number of aromatic nitrogens is 1. The molecule has 0 saturated carbocycles. The zero-order valence-electron chi connectivity index (χ0n) is 23.9. The fourth-order valence-electron chi connectivity index (χ4n) is 6.30. The van der Waals surface area contributed by atoms with E-state index in [1.165, 1.54) is 0 Å².